The second kappa shape index (κ2) is 6.60. The molecule has 0 unspecified atom stereocenters. The third-order valence-corrected chi connectivity index (χ3v) is 3.82. The fraction of sp³-hybridized carbons (Fsp3) is 0.278. The van der Waals surface area contributed by atoms with Crippen molar-refractivity contribution in [2.45, 2.75) is 25.4 Å². The number of carbonyl (C=O) groups is 2. The number of hydrogen-bond acceptors (Lipinski definition) is 3. The van der Waals surface area contributed by atoms with Crippen LogP contribution in [0.4, 0.5) is 0 Å². The molecule has 0 atom stereocenters. The van der Waals surface area contributed by atoms with E-state index in [1.165, 1.54) is 0 Å². The number of carbonyl (C=O) groups excluding carboxylic acids is 2. The predicted octanol–water partition coefficient (Wildman–Crippen LogP) is 2.25. The summed E-state index contributed by atoms with van der Waals surface area (Å²) in [6.45, 7) is 0.519. The highest BCUT2D eigenvalue weighted by molar-refractivity contribution is 5.97. The highest BCUT2D eigenvalue weighted by Gasteiger charge is 2.23. The van der Waals surface area contributed by atoms with Gasteiger partial charge in [-0.2, -0.15) is 0 Å². The summed E-state index contributed by atoms with van der Waals surface area (Å²) in [5.74, 6) is -0.146. The molecule has 1 saturated carbocycles. The Labute approximate surface area is 135 Å². The lowest BCUT2D eigenvalue weighted by molar-refractivity contribution is 0.0784. The monoisotopic (exact) mass is 309 g/mol. The van der Waals surface area contributed by atoms with E-state index in [4.69, 9.17) is 0 Å². The molecule has 5 nitrogen and oxygen atoms in total. The molecular formula is C18H19N3O2. The van der Waals surface area contributed by atoms with Crippen LogP contribution in [0.15, 0.2) is 48.8 Å². The van der Waals surface area contributed by atoms with Crippen molar-refractivity contribution in [2.24, 2.45) is 0 Å². The number of rotatable bonds is 5. The summed E-state index contributed by atoms with van der Waals surface area (Å²) < 4.78 is 0. The fourth-order valence-electron chi connectivity index (χ4n) is 2.31. The second-order valence-electron chi connectivity index (χ2n) is 5.84. The average molecular weight is 309 g/mol. The summed E-state index contributed by atoms with van der Waals surface area (Å²) in [4.78, 5) is 30.0. The van der Waals surface area contributed by atoms with Gasteiger partial charge in [-0.05, 0) is 54.8 Å². The number of aromatic nitrogens is 1. The van der Waals surface area contributed by atoms with E-state index in [1.807, 2.05) is 12.1 Å². The van der Waals surface area contributed by atoms with Crippen LogP contribution in [0.2, 0.25) is 0 Å². The van der Waals surface area contributed by atoms with E-state index in [1.54, 1.807) is 48.6 Å². The smallest absolute Gasteiger partial charge is 0.253 e. The summed E-state index contributed by atoms with van der Waals surface area (Å²) in [6, 6.07) is 10.9. The molecule has 0 radical (unpaired) electrons. The normalized spacial score (nSPS) is 13.4. The van der Waals surface area contributed by atoms with Gasteiger partial charge in [0.1, 0.15) is 0 Å². The van der Waals surface area contributed by atoms with E-state index in [0.29, 0.717) is 23.7 Å². The van der Waals surface area contributed by atoms with Crippen molar-refractivity contribution >= 4 is 11.8 Å². The molecule has 0 spiro atoms. The average Bonchev–Trinajstić information content (AvgIpc) is 3.39. The number of nitrogens with one attached hydrogen (secondary N) is 1. The summed E-state index contributed by atoms with van der Waals surface area (Å²) in [6.07, 6.45) is 5.53. The Hall–Kier alpha value is -2.69. The molecule has 1 aromatic heterocycles. The zero-order chi connectivity index (χ0) is 16.2. The largest absolute Gasteiger partial charge is 0.349 e. The van der Waals surface area contributed by atoms with Crippen LogP contribution in [0.5, 0.6) is 0 Å². The molecule has 2 aromatic rings. The minimum Gasteiger partial charge on any atom is -0.349 e. The first-order valence-corrected chi connectivity index (χ1v) is 7.69. The van der Waals surface area contributed by atoms with E-state index < -0.39 is 0 Å². The number of hydrogen-bond donors (Lipinski definition) is 1. The van der Waals surface area contributed by atoms with Crippen molar-refractivity contribution in [1.29, 1.82) is 0 Å². The van der Waals surface area contributed by atoms with Crippen molar-refractivity contribution in [3.63, 3.8) is 0 Å². The maximum absolute atomic E-state index is 12.4. The first-order chi connectivity index (χ1) is 11.1. The SMILES string of the molecule is CN(Cc1ccncc1)C(=O)c1ccc(C(=O)NC2CC2)cc1. The number of amides is 2. The minimum absolute atomic E-state index is 0.0726. The summed E-state index contributed by atoms with van der Waals surface area (Å²) in [5, 5.41) is 2.93. The van der Waals surface area contributed by atoms with Crippen molar-refractivity contribution in [1.82, 2.24) is 15.2 Å². The molecule has 23 heavy (non-hydrogen) atoms. The molecule has 1 heterocycles. The molecule has 1 aliphatic rings. The molecule has 1 aliphatic carbocycles. The number of benzene rings is 1. The van der Waals surface area contributed by atoms with Crippen molar-refractivity contribution in [3.8, 4) is 0 Å². The molecule has 1 aromatic carbocycles. The van der Waals surface area contributed by atoms with Crippen LogP contribution in [0.3, 0.4) is 0 Å². The summed E-state index contributed by atoms with van der Waals surface area (Å²) >= 11 is 0. The van der Waals surface area contributed by atoms with Gasteiger partial charge in [0.2, 0.25) is 0 Å². The molecule has 1 fully saturated rings. The highest BCUT2D eigenvalue weighted by atomic mass is 16.2. The minimum atomic E-state index is -0.0732. The van der Waals surface area contributed by atoms with E-state index >= 15 is 0 Å². The standard InChI is InChI=1S/C18H19N3O2/c1-21(12-13-8-10-19-11-9-13)18(23)15-4-2-14(3-5-15)17(22)20-16-6-7-16/h2-5,8-11,16H,6-7,12H2,1H3,(H,20,22). The molecule has 5 heteroatoms. The summed E-state index contributed by atoms with van der Waals surface area (Å²) in [7, 11) is 1.76. The Kier molecular flexibility index (Phi) is 4.37. The zero-order valence-electron chi connectivity index (χ0n) is 13.0. The van der Waals surface area contributed by atoms with Gasteiger partial charge in [-0.25, -0.2) is 0 Å². The maximum Gasteiger partial charge on any atom is 0.253 e. The molecule has 3 rings (SSSR count). The van der Waals surface area contributed by atoms with Gasteiger partial charge in [0.15, 0.2) is 0 Å². The van der Waals surface area contributed by atoms with E-state index in [0.717, 1.165) is 18.4 Å². The van der Waals surface area contributed by atoms with E-state index in [9.17, 15) is 9.59 Å². The fourth-order valence-corrected chi connectivity index (χ4v) is 2.31. The van der Waals surface area contributed by atoms with Crippen molar-refractivity contribution in [2.75, 3.05) is 7.05 Å². The lowest BCUT2D eigenvalue weighted by Crippen LogP contribution is -2.27. The van der Waals surface area contributed by atoms with Gasteiger partial charge in [0.25, 0.3) is 11.8 Å². The van der Waals surface area contributed by atoms with Crippen LogP contribution in [0, 0.1) is 0 Å². The van der Waals surface area contributed by atoms with E-state index in [2.05, 4.69) is 10.3 Å². The molecule has 0 saturated heterocycles. The van der Waals surface area contributed by atoms with Gasteiger partial charge in [-0.1, -0.05) is 0 Å². The van der Waals surface area contributed by atoms with E-state index in [-0.39, 0.29) is 11.8 Å². The van der Waals surface area contributed by atoms with Gasteiger partial charge in [-0.3, -0.25) is 14.6 Å². The Morgan fingerprint density at radius 1 is 1.09 bits per heavy atom. The molecular weight excluding hydrogens is 290 g/mol. The lowest BCUT2D eigenvalue weighted by atomic mass is 10.1. The second-order valence-corrected chi connectivity index (χ2v) is 5.84. The Bertz CT molecular complexity index is 694. The molecule has 0 aliphatic heterocycles. The van der Waals surface area contributed by atoms with Crippen LogP contribution < -0.4 is 5.32 Å². The van der Waals surface area contributed by atoms with Gasteiger partial charge < -0.3 is 10.2 Å². The molecule has 2 amide bonds. The van der Waals surface area contributed by atoms with Crippen molar-refractivity contribution in [3.05, 3.63) is 65.5 Å². The van der Waals surface area contributed by atoms with Crippen molar-refractivity contribution < 1.29 is 9.59 Å². The predicted molar refractivity (Wildman–Crippen MR) is 87.0 cm³/mol. The highest BCUT2D eigenvalue weighted by Crippen LogP contribution is 2.19. The first kappa shape index (κ1) is 15.2. The van der Waals surface area contributed by atoms with Gasteiger partial charge in [0, 0.05) is 43.2 Å². The maximum atomic E-state index is 12.4. The van der Waals surface area contributed by atoms with Gasteiger partial charge in [-0.15, -0.1) is 0 Å². The van der Waals surface area contributed by atoms with Gasteiger partial charge in [0.05, 0.1) is 0 Å². The number of nitrogens with zero attached hydrogens (tertiary/aromatic N) is 2. The first-order valence-electron chi connectivity index (χ1n) is 7.69. The van der Waals surface area contributed by atoms with Crippen LogP contribution in [0.25, 0.3) is 0 Å². The Balaban J connectivity index is 1.63. The number of pyridine rings is 1. The lowest BCUT2D eigenvalue weighted by Gasteiger charge is -2.17. The third kappa shape index (κ3) is 3.94. The summed E-state index contributed by atoms with van der Waals surface area (Å²) in [5.41, 5.74) is 2.19. The Morgan fingerprint density at radius 2 is 1.70 bits per heavy atom. The molecule has 0 bridgehead atoms. The van der Waals surface area contributed by atoms with Gasteiger partial charge >= 0.3 is 0 Å². The Morgan fingerprint density at radius 3 is 2.30 bits per heavy atom. The molecule has 118 valence electrons. The van der Waals surface area contributed by atoms with Crippen LogP contribution in [0.1, 0.15) is 39.1 Å². The van der Waals surface area contributed by atoms with Crippen LogP contribution in [-0.4, -0.2) is 34.8 Å². The molecule has 1 N–H and O–H groups in total. The third-order valence-electron chi connectivity index (χ3n) is 3.82. The van der Waals surface area contributed by atoms with Crippen LogP contribution in [-0.2, 0) is 6.54 Å². The quantitative estimate of drug-likeness (QED) is 0.921. The zero-order valence-corrected chi connectivity index (χ0v) is 13.0. The van der Waals surface area contributed by atoms with Crippen LogP contribution >= 0.6 is 0 Å². The topological polar surface area (TPSA) is 62.3 Å².